The molecule has 1 aromatic heterocycles. The Morgan fingerprint density at radius 3 is 2.58 bits per heavy atom. The van der Waals surface area contributed by atoms with Crippen LogP contribution in [0.15, 0.2) is 18.3 Å². The number of carbonyl (C=O) groups is 2. The Balaban J connectivity index is 2.04. The van der Waals surface area contributed by atoms with Gasteiger partial charge in [0.2, 0.25) is 11.8 Å². The Bertz CT molecular complexity index is 564. The minimum Gasteiger partial charge on any atom is -0.383 e. The fourth-order valence-corrected chi connectivity index (χ4v) is 2.73. The van der Waals surface area contributed by atoms with E-state index in [1.807, 2.05) is 48.7 Å². The summed E-state index contributed by atoms with van der Waals surface area (Å²) in [6.45, 7) is 5.32. The van der Waals surface area contributed by atoms with Crippen molar-refractivity contribution in [1.29, 1.82) is 0 Å². The summed E-state index contributed by atoms with van der Waals surface area (Å²) in [6, 6.07) is 4.33. The average molecular weight is 335 g/mol. The zero-order valence-electron chi connectivity index (χ0n) is 15.2. The van der Waals surface area contributed by atoms with Crippen LogP contribution in [0.1, 0.15) is 32.4 Å². The number of carbonyl (C=O) groups excluding carboxylic acids is 2. The molecule has 1 aromatic rings. The second kappa shape index (κ2) is 8.33. The molecule has 6 heteroatoms. The molecule has 2 rings (SSSR count). The maximum atomic E-state index is 12.8. The summed E-state index contributed by atoms with van der Waals surface area (Å²) in [7, 11) is 3.59. The first-order valence-corrected chi connectivity index (χ1v) is 8.61. The van der Waals surface area contributed by atoms with Crippen LogP contribution in [0.2, 0.25) is 0 Å². The first-order chi connectivity index (χ1) is 11.4. The van der Waals surface area contributed by atoms with E-state index < -0.39 is 0 Å². The van der Waals surface area contributed by atoms with Crippen molar-refractivity contribution in [3.8, 4) is 0 Å². The summed E-state index contributed by atoms with van der Waals surface area (Å²) < 4.78 is 7.12. The average Bonchev–Trinajstić information content (AvgIpc) is 3.31. The highest BCUT2D eigenvalue weighted by atomic mass is 16.5. The van der Waals surface area contributed by atoms with E-state index in [1.54, 1.807) is 12.0 Å². The predicted octanol–water partition coefficient (Wildman–Crippen LogP) is 1.65. The number of aryl methyl sites for hydroxylation is 1. The van der Waals surface area contributed by atoms with E-state index in [0.717, 1.165) is 18.5 Å². The number of hydrogen-bond donors (Lipinski definition) is 0. The number of nitrogens with zero attached hydrogens (tertiary/aromatic N) is 3. The van der Waals surface area contributed by atoms with Gasteiger partial charge in [0.1, 0.15) is 0 Å². The summed E-state index contributed by atoms with van der Waals surface area (Å²) in [5, 5.41) is 0. The monoisotopic (exact) mass is 335 g/mol. The lowest BCUT2D eigenvalue weighted by molar-refractivity contribution is -0.143. The Kier molecular flexibility index (Phi) is 6.43. The van der Waals surface area contributed by atoms with Crippen LogP contribution in [-0.4, -0.2) is 59.0 Å². The molecule has 2 amide bonds. The lowest BCUT2D eigenvalue weighted by atomic mass is 10.2. The molecular weight excluding hydrogens is 306 g/mol. The van der Waals surface area contributed by atoms with Gasteiger partial charge < -0.3 is 19.1 Å². The van der Waals surface area contributed by atoms with E-state index in [1.165, 1.54) is 0 Å². The van der Waals surface area contributed by atoms with Gasteiger partial charge in [-0.1, -0.05) is 13.8 Å². The molecule has 1 aliphatic rings. The summed E-state index contributed by atoms with van der Waals surface area (Å²) in [5.74, 6) is -0.115. The van der Waals surface area contributed by atoms with Gasteiger partial charge in [-0.05, 0) is 25.0 Å². The Morgan fingerprint density at radius 1 is 1.38 bits per heavy atom. The number of aromatic nitrogens is 1. The van der Waals surface area contributed by atoms with Crippen LogP contribution in [-0.2, 0) is 27.9 Å². The van der Waals surface area contributed by atoms with E-state index in [4.69, 9.17) is 4.74 Å². The largest absolute Gasteiger partial charge is 0.383 e. The van der Waals surface area contributed by atoms with E-state index >= 15 is 0 Å². The van der Waals surface area contributed by atoms with Gasteiger partial charge in [0.05, 0.1) is 19.7 Å². The highest BCUT2D eigenvalue weighted by Crippen LogP contribution is 2.28. The molecule has 0 aliphatic heterocycles. The Morgan fingerprint density at radius 2 is 2.08 bits per heavy atom. The van der Waals surface area contributed by atoms with Gasteiger partial charge in [0, 0.05) is 44.6 Å². The molecule has 0 spiro atoms. The number of hydrogen-bond acceptors (Lipinski definition) is 3. The van der Waals surface area contributed by atoms with Crippen LogP contribution in [0.25, 0.3) is 0 Å². The van der Waals surface area contributed by atoms with Crippen LogP contribution >= 0.6 is 0 Å². The summed E-state index contributed by atoms with van der Waals surface area (Å²) >= 11 is 0. The van der Waals surface area contributed by atoms with Gasteiger partial charge in [0.25, 0.3) is 0 Å². The van der Waals surface area contributed by atoms with E-state index in [-0.39, 0.29) is 24.3 Å². The molecule has 0 aromatic carbocycles. The third-order valence-electron chi connectivity index (χ3n) is 4.39. The van der Waals surface area contributed by atoms with Crippen LogP contribution in [0.5, 0.6) is 0 Å². The second-order valence-electron chi connectivity index (χ2n) is 6.77. The van der Waals surface area contributed by atoms with Crippen molar-refractivity contribution in [2.75, 3.05) is 26.8 Å². The lowest BCUT2D eigenvalue weighted by Gasteiger charge is -2.28. The third-order valence-corrected chi connectivity index (χ3v) is 4.39. The highest BCUT2D eigenvalue weighted by Gasteiger charge is 2.34. The van der Waals surface area contributed by atoms with E-state index in [0.29, 0.717) is 25.7 Å². The highest BCUT2D eigenvalue weighted by molar-refractivity contribution is 5.86. The zero-order valence-corrected chi connectivity index (χ0v) is 15.2. The van der Waals surface area contributed by atoms with Crippen molar-refractivity contribution >= 4 is 11.8 Å². The van der Waals surface area contributed by atoms with Crippen LogP contribution in [0.4, 0.5) is 0 Å². The van der Waals surface area contributed by atoms with E-state index in [2.05, 4.69) is 0 Å². The van der Waals surface area contributed by atoms with Crippen LogP contribution in [0, 0.1) is 5.92 Å². The molecule has 24 heavy (non-hydrogen) atoms. The third kappa shape index (κ3) is 4.84. The molecule has 0 radical (unpaired) electrons. The Hall–Kier alpha value is -1.82. The standard InChI is InChI=1S/C18H29N3O3/c1-14(2)18(23)20(10-11-24-4)13-17(22)21(15-7-8-15)12-16-6-5-9-19(16)3/h5-6,9,14-15H,7-8,10-13H2,1-4H3. The van der Waals surface area contributed by atoms with Gasteiger partial charge >= 0.3 is 0 Å². The minimum atomic E-state index is -0.128. The van der Waals surface area contributed by atoms with Gasteiger partial charge in [0.15, 0.2) is 0 Å². The molecule has 0 N–H and O–H groups in total. The van der Waals surface area contributed by atoms with Crippen molar-refractivity contribution in [3.05, 3.63) is 24.0 Å². The maximum Gasteiger partial charge on any atom is 0.242 e. The van der Waals surface area contributed by atoms with Crippen molar-refractivity contribution in [1.82, 2.24) is 14.4 Å². The summed E-state index contributed by atoms with van der Waals surface area (Å²) in [6.07, 6.45) is 4.08. The van der Waals surface area contributed by atoms with Crippen LogP contribution in [0.3, 0.4) is 0 Å². The number of rotatable bonds is 9. The number of methoxy groups -OCH3 is 1. The number of ether oxygens (including phenoxy) is 1. The molecule has 0 bridgehead atoms. The molecular formula is C18H29N3O3. The molecule has 0 atom stereocenters. The first kappa shape index (κ1) is 18.5. The summed E-state index contributed by atoms with van der Waals surface area (Å²) in [5.41, 5.74) is 1.11. The molecule has 6 nitrogen and oxygen atoms in total. The fraction of sp³-hybridized carbons (Fsp3) is 0.667. The second-order valence-corrected chi connectivity index (χ2v) is 6.77. The molecule has 0 saturated heterocycles. The molecule has 1 aliphatic carbocycles. The topological polar surface area (TPSA) is 54.8 Å². The van der Waals surface area contributed by atoms with Gasteiger partial charge in [-0.15, -0.1) is 0 Å². The van der Waals surface area contributed by atoms with E-state index in [9.17, 15) is 9.59 Å². The summed E-state index contributed by atoms with van der Waals surface area (Å²) in [4.78, 5) is 28.7. The van der Waals surface area contributed by atoms with Crippen molar-refractivity contribution in [3.63, 3.8) is 0 Å². The SMILES string of the molecule is COCCN(CC(=O)N(Cc1cccn1C)C1CC1)C(=O)C(C)C. The van der Waals surface area contributed by atoms with Gasteiger partial charge in [-0.25, -0.2) is 0 Å². The Labute approximate surface area is 144 Å². The molecule has 1 saturated carbocycles. The smallest absolute Gasteiger partial charge is 0.242 e. The van der Waals surface area contributed by atoms with Crippen molar-refractivity contribution in [2.24, 2.45) is 13.0 Å². The number of amides is 2. The van der Waals surface area contributed by atoms with Gasteiger partial charge in [-0.3, -0.25) is 9.59 Å². The molecule has 1 fully saturated rings. The molecule has 134 valence electrons. The minimum absolute atomic E-state index is 0.00462. The van der Waals surface area contributed by atoms with Crippen molar-refractivity contribution < 1.29 is 14.3 Å². The normalized spacial score (nSPS) is 14.0. The molecule has 0 unspecified atom stereocenters. The van der Waals surface area contributed by atoms with Crippen molar-refractivity contribution in [2.45, 2.75) is 39.3 Å². The van der Waals surface area contributed by atoms with Gasteiger partial charge in [-0.2, -0.15) is 0 Å². The quantitative estimate of drug-likeness (QED) is 0.689. The molecule has 1 heterocycles. The zero-order chi connectivity index (χ0) is 17.7. The lowest BCUT2D eigenvalue weighted by Crippen LogP contribution is -2.46. The maximum absolute atomic E-state index is 12.8. The fourth-order valence-electron chi connectivity index (χ4n) is 2.73. The van der Waals surface area contributed by atoms with Crippen LogP contribution < -0.4 is 0 Å². The predicted molar refractivity (Wildman–Crippen MR) is 92.3 cm³/mol. The first-order valence-electron chi connectivity index (χ1n) is 8.61.